The number of fused-ring (bicyclic) bond motifs is 3. The zero-order valence-electron chi connectivity index (χ0n) is 16.5. The molecule has 0 atom stereocenters. The quantitative estimate of drug-likeness (QED) is 0.721. The highest BCUT2D eigenvalue weighted by molar-refractivity contribution is 6.00. The van der Waals surface area contributed by atoms with Crippen molar-refractivity contribution in [1.29, 1.82) is 0 Å². The number of anilines is 1. The first-order valence-electron chi connectivity index (χ1n) is 9.47. The molecule has 1 N–H and O–H groups in total. The first-order valence-corrected chi connectivity index (χ1v) is 9.47. The molecule has 0 saturated heterocycles. The van der Waals surface area contributed by atoms with Gasteiger partial charge in [-0.15, -0.1) is 0 Å². The number of carboxylic acids is 1. The summed E-state index contributed by atoms with van der Waals surface area (Å²) in [5.41, 5.74) is 3.95. The number of pyridine rings is 1. The minimum absolute atomic E-state index is 0.119. The molecule has 148 valence electrons. The Bertz CT molecular complexity index is 1100. The Hall–Kier alpha value is -3.35. The Morgan fingerprint density at radius 1 is 1.14 bits per heavy atom. The number of halogens is 1. The third kappa shape index (κ3) is 3.22. The van der Waals surface area contributed by atoms with Gasteiger partial charge in [-0.05, 0) is 35.6 Å². The number of hydrogen-bond acceptors (Lipinski definition) is 5. The van der Waals surface area contributed by atoms with Gasteiger partial charge in [0.1, 0.15) is 11.5 Å². The number of likely N-dealkylation sites (N-methyl/N-ethyl adjacent to an activating group) is 1. The topological polar surface area (TPSA) is 79.2 Å². The Morgan fingerprint density at radius 3 is 2.48 bits per heavy atom. The molecule has 1 aromatic carbocycles. The van der Waals surface area contributed by atoms with E-state index >= 15 is 0 Å². The van der Waals surface area contributed by atoms with Gasteiger partial charge in [0.25, 0.3) is 0 Å². The number of carbonyl (C=O) groups is 1. The smallest absolute Gasteiger partial charge is 0.338 e. The molecule has 0 bridgehead atoms. The van der Waals surface area contributed by atoms with Crippen molar-refractivity contribution >= 4 is 11.8 Å². The third-order valence-electron chi connectivity index (χ3n) is 5.18. The van der Waals surface area contributed by atoms with Gasteiger partial charge in [-0.3, -0.25) is 0 Å². The Morgan fingerprint density at radius 2 is 1.83 bits per heavy atom. The molecule has 3 aromatic rings. The number of carboxylic acid groups (broad SMARTS) is 1. The van der Waals surface area contributed by atoms with E-state index in [1.54, 1.807) is 24.5 Å². The van der Waals surface area contributed by atoms with Crippen molar-refractivity contribution in [3.05, 3.63) is 59.3 Å². The first-order chi connectivity index (χ1) is 13.9. The van der Waals surface area contributed by atoms with Gasteiger partial charge in [0.05, 0.1) is 17.0 Å². The largest absolute Gasteiger partial charge is 0.478 e. The van der Waals surface area contributed by atoms with Crippen LogP contribution in [0.25, 0.3) is 22.5 Å². The molecular formula is C22H21FN4O2. The van der Waals surface area contributed by atoms with Gasteiger partial charge in [0.15, 0.2) is 5.82 Å². The summed E-state index contributed by atoms with van der Waals surface area (Å²) in [7, 11) is 1.93. The summed E-state index contributed by atoms with van der Waals surface area (Å²) in [6.45, 7) is 4.46. The summed E-state index contributed by atoms with van der Waals surface area (Å²) in [6, 6.07) is 5.93. The fourth-order valence-electron chi connectivity index (χ4n) is 3.81. The molecule has 0 aliphatic carbocycles. The Labute approximate surface area is 168 Å². The highest BCUT2D eigenvalue weighted by atomic mass is 19.1. The van der Waals surface area contributed by atoms with Crippen LogP contribution in [0.15, 0.2) is 36.7 Å². The predicted octanol–water partition coefficient (Wildman–Crippen LogP) is 4.16. The highest BCUT2D eigenvalue weighted by Crippen LogP contribution is 2.41. The Kier molecular flexibility index (Phi) is 4.74. The second-order valence-electron chi connectivity index (χ2n) is 7.44. The minimum atomic E-state index is -1.04. The van der Waals surface area contributed by atoms with E-state index in [1.807, 2.05) is 25.8 Å². The lowest BCUT2D eigenvalue weighted by Gasteiger charge is -2.20. The second kappa shape index (κ2) is 7.24. The molecule has 1 aliphatic heterocycles. The molecule has 4 rings (SSSR count). The number of aromatic nitrogens is 3. The van der Waals surface area contributed by atoms with Crippen LogP contribution in [0.3, 0.4) is 0 Å². The van der Waals surface area contributed by atoms with Crippen LogP contribution >= 0.6 is 0 Å². The normalized spacial score (nSPS) is 13.1. The SMILES string of the molecule is CC(C)c1nc2c(c(-c3ccc(F)cc3)c1C(=O)O)CCN(C)c1nccnc1-2. The summed E-state index contributed by atoms with van der Waals surface area (Å²) in [5, 5.41) is 10.1. The molecule has 1 aliphatic rings. The van der Waals surface area contributed by atoms with Gasteiger partial charge in [0, 0.05) is 31.5 Å². The van der Waals surface area contributed by atoms with Gasteiger partial charge < -0.3 is 10.0 Å². The molecule has 7 heteroatoms. The maximum atomic E-state index is 13.6. The van der Waals surface area contributed by atoms with Gasteiger partial charge in [-0.2, -0.15) is 0 Å². The van der Waals surface area contributed by atoms with Crippen LogP contribution < -0.4 is 4.90 Å². The summed E-state index contributed by atoms with van der Waals surface area (Å²) in [6.07, 6.45) is 3.82. The van der Waals surface area contributed by atoms with Crippen molar-refractivity contribution in [3.8, 4) is 22.5 Å². The number of hydrogen-bond donors (Lipinski definition) is 1. The van der Waals surface area contributed by atoms with Crippen LogP contribution in [0.5, 0.6) is 0 Å². The van der Waals surface area contributed by atoms with E-state index in [4.69, 9.17) is 4.98 Å². The van der Waals surface area contributed by atoms with Crippen LogP contribution in [0.1, 0.15) is 41.4 Å². The average molecular weight is 392 g/mol. The van der Waals surface area contributed by atoms with Gasteiger partial charge in [-0.1, -0.05) is 26.0 Å². The van der Waals surface area contributed by atoms with Crippen molar-refractivity contribution in [3.63, 3.8) is 0 Å². The standard InChI is InChI=1S/C22H21FN4O2/c1-12(2)18-17(22(28)29)16(13-4-6-14(23)7-5-13)15-8-11-27(3)21-20(19(15)26-18)24-9-10-25-21/h4-7,9-10,12H,8,11H2,1-3H3,(H,28,29). The molecule has 0 radical (unpaired) electrons. The first kappa shape index (κ1) is 19.0. The highest BCUT2D eigenvalue weighted by Gasteiger charge is 2.30. The van der Waals surface area contributed by atoms with Crippen LogP contribution in [-0.4, -0.2) is 39.6 Å². The number of rotatable bonds is 3. The fourth-order valence-corrected chi connectivity index (χ4v) is 3.81. The maximum absolute atomic E-state index is 13.6. The van der Waals surface area contributed by atoms with Crippen molar-refractivity contribution in [1.82, 2.24) is 15.0 Å². The van der Waals surface area contributed by atoms with E-state index in [9.17, 15) is 14.3 Å². The van der Waals surface area contributed by atoms with Gasteiger partial charge in [0.2, 0.25) is 0 Å². The molecule has 0 unspecified atom stereocenters. The lowest BCUT2D eigenvalue weighted by Crippen LogP contribution is -2.20. The minimum Gasteiger partial charge on any atom is -0.478 e. The van der Waals surface area contributed by atoms with E-state index in [2.05, 4.69) is 9.97 Å². The molecule has 6 nitrogen and oxygen atoms in total. The zero-order valence-corrected chi connectivity index (χ0v) is 16.5. The summed E-state index contributed by atoms with van der Waals surface area (Å²) >= 11 is 0. The molecule has 2 aromatic heterocycles. The molecule has 29 heavy (non-hydrogen) atoms. The molecular weight excluding hydrogens is 371 g/mol. The predicted molar refractivity (Wildman–Crippen MR) is 109 cm³/mol. The maximum Gasteiger partial charge on any atom is 0.338 e. The van der Waals surface area contributed by atoms with Gasteiger partial charge in [-0.25, -0.2) is 24.1 Å². The van der Waals surface area contributed by atoms with Crippen LogP contribution in [-0.2, 0) is 6.42 Å². The fraction of sp³-hybridized carbons (Fsp3) is 0.273. The summed E-state index contributed by atoms with van der Waals surface area (Å²) in [4.78, 5) is 28.1. The number of benzene rings is 1. The number of aromatic carboxylic acids is 1. The average Bonchev–Trinajstić information content (AvgIpc) is 2.84. The van der Waals surface area contributed by atoms with Crippen LogP contribution in [0.2, 0.25) is 0 Å². The third-order valence-corrected chi connectivity index (χ3v) is 5.18. The van der Waals surface area contributed by atoms with E-state index in [0.29, 0.717) is 47.0 Å². The summed E-state index contributed by atoms with van der Waals surface area (Å²) in [5.74, 6) is -0.820. The second-order valence-corrected chi connectivity index (χ2v) is 7.44. The molecule has 0 fully saturated rings. The Balaban J connectivity index is 2.14. The summed E-state index contributed by atoms with van der Waals surface area (Å²) < 4.78 is 13.6. The molecule has 0 amide bonds. The van der Waals surface area contributed by atoms with Crippen molar-refractivity contribution in [2.45, 2.75) is 26.2 Å². The van der Waals surface area contributed by atoms with E-state index < -0.39 is 5.97 Å². The molecule has 0 spiro atoms. The lowest BCUT2D eigenvalue weighted by atomic mass is 9.87. The molecule has 0 saturated carbocycles. The van der Waals surface area contributed by atoms with Crippen LogP contribution in [0.4, 0.5) is 10.2 Å². The van der Waals surface area contributed by atoms with E-state index in [1.165, 1.54) is 12.1 Å². The lowest BCUT2D eigenvalue weighted by molar-refractivity contribution is 0.0695. The van der Waals surface area contributed by atoms with Crippen LogP contribution in [0, 0.1) is 5.82 Å². The monoisotopic (exact) mass is 392 g/mol. The van der Waals surface area contributed by atoms with E-state index in [0.717, 1.165) is 5.56 Å². The molecule has 3 heterocycles. The zero-order chi connectivity index (χ0) is 20.7. The van der Waals surface area contributed by atoms with E-state index in [-0.39, 0.29) is 17.3 Å². The van der Waals surface area contributed by atoms with Gasteiger partial charge >= 0.3 is 5.97 Å². The van der Waals surface area contributed by atoms with Crippen molar-refractivity contribution in [2.75, 3.05) is 18.5 Å². The van der Waals surface area contributed by atoms with Crippen molar-refractivity contribution < 1.29 is 14.3 Å². The van der Waals surface area contributed by atoms with Crippen molar-refractivity contribution in [2.24, 2.45) is 0 Å². The number of nitrogens with zero attached hydrogens (tertiary/aromatic N) is 4.